The number of ether oxygens (including phenoxy) is 4. The largest absolute Gasteiger partial charge is 0.496 e. The summed E-state index contributed by atoms with van der Waals surface area (Å²) in [5.74, 6) is 0.376. The van der Waals surface area contributed by atoms with Crippen LogP contribution in [0.3, 0.4) is 0 Å². The van der Waals surface area contributed by atoms with Gasteiger partial charge in [-0.2, -0.15) is 5.26 Å². The van der Waals surface area contributed by atoms with E-state index in [9.17, 15) is 10.1 Å². The number of methoxy groups -OCH3 is 1. The van der Waals surface area contributed by atoms with Crippen LogP contribution in [-0.4, -0.2) is 19.7 Å². The van der Waals surface area contributed by atoms with Crippen LogP contribution in [0, 0.1) is 11.3 Å². The van der Waals surface area contributed by atoms with Crippen molar-refractivity contribution in [3.05, 3.63) is 92.7 Å². The van der Waals surface area contributed by atoms with Crippen molar-refractivity contribution in [2.75, 3.05) is 13.7 Å². The molecule has 4 rings (SSSR count). The van der Waals surface area contributed by atoms with Crippen molar-refractivity contribution in [1.82, 2.24) is 0 Å². The Morgan fingerprint density at radius 2 is 1.94 bits per heavy atom. The zero-order valence-corrected chi connectivity index (χ0v) is 20.2. The third-order valence-corrected chi connectivity index (χ3v) is 5.91. The molecule has 0 fully saturated rings. The number of nitrogens with two attached hydrogens (primary N) is 1. The second-order valence-electron chi connectivity index (χ2n) is 7.20. The van der Waals surface area contributed by atoms with Gasteiger partial charge in [-0.1, -0.05) is 45.7 Å². The van der Waals surface area contributed by atoms with Crippen LogP contribution in [0.2, 0.25) is 5.02 Å². The zero-order valence-electron chi connectivity index (χ0n) is 17.9. The van der Waals surface area contributed by atoms with Gasteiger partial charge in [0.25, 0.3) is 0 Å². The maximum atomic E-state index is 12.3. The number of carbonyl (C=O) groups is 1. The van der Waals surface area contributed by atoms with Crippen LogP contribution in [0.15, 0.2) is 76.6 Å². The molecule has 1 atom stereocenters. The lowest BCUT2D eigenvalue weighted by atomic mass is 9.83. The first-order valence-electron chi connectivity index (χ1n) is 10.0. The van der Waals surface area contributed by atoms with Gasteiger partial charge in [-0.05, 0) is 36.4 Å². The predicted molar refractivity (Wildman–Crippen MR) is 129 cm³/mol. The number of hydrogen-bond donors (Lipinski definition) is 1. The highest BCUT2D eigenvalue weighted by molar-refractivity contribution is 9.10. The van der Waals surface area contributed by atoms with Gasteiger partial charge in [0.2, 0.25) is 5.88 Å². The molecule has 1 aliphatic rings. The summed E-state index contributed by atoms with van der Waals surface area (Å²) in [6, 6.07) is 19.4. The van der Waals surface area contributed by atoms with E-state index in [4.69, 9.17) is 36.3 Å². The van der Waals surface area contributed by atoms with Crippen molar-refractivity contribution in [1.29, 1.82) is 5.26 Å². The molecule has 7 nitrogen and oxygen atoms in total. The lowest BCUT2D eigenvalue weighted by Crippen LogP contribution is -2.22. The van der Waals surface area contributed by atoms with Gasteiger partial charge in [-0.3, -0.25) is 0 Å². The number of nitriles is 1. The van der Waals surface area contributed by atoms with Crippen LogP contribution < -0.4 is 24.7 Å². The molecule has 3 aromatic carbocycles. The highest BCUT2D eigenvalue weighted by Crippen LogP contribution is 2.46. The summed E-state index contributed by atoms with van der Waals surface area (Å²) in [5.41, 5.74) is 7.74. The summed E-state index contributed by atoms with van der Waals surface area (Å²) in [5, 5.41) is 10.2. The van der Waals surface area contributed by atoms with Gasteiger partial charge in [-0.25, -0.2) is 4.79 Å². The number of nitrogens with zero attached hydrogens (tertiary/aromatic N) is 1. The van der Waals surface area contributed by atoms with E-state index in [1.54, 1.807) is 55.6 Å². The summed E-state index contributed by atoms with van der Waals surface area (Å²) >= 11 is 9.50. The molecule has 0 aromatic heterocycles. The van der Waals surface area contributed by atoms with Gasteiger partial charge in [0, 0.05) is 21.7 Å². The molecule has 1 heterocycles. The Morgan fingerprint density at radius 1 is 1.15 bits per heavy atom. The Morgan fingerprint density at radius 3 is 2.68 bits per heavy atom. The lowest BCUT2D eigenvalue weighted by Gasteiger charge is -2.27. The minimum atomic E-state index is -0.623. The SMILES string of the molecule is COc1ccc(Br)cc1C1C(C#N)=C(N)Oc2cc(OC(=O)COc3ccccc3Cl)ccc21. The van der Waals surface area contributed by atoms with Crippen LogP contribution in [0.1, 0.15) is 17.0 Å². The maximum absolute atomic E-state index is 12.3. The molecular formula is C25H18BrClN2O5. The van der Waals surface area contributed by atoms with Gasteiger partial charge in [-0.15, -0.1) is 0 Å². The molecule has 2 N–H and O–H groups in total. The molecule has 9 heteroatoms. The number of para-hydroxylation sites is 1. The van der Waals surface area contributed by atoms with Crippen molar-refractivity contribution in [2.45, 2.75) is 5.92 Å². The topological polar surface area (TPSA) is 104 Å². The van der Waals surface area contributed by atoms with Crippen LogP contribution >= 0.6 is 27.5 Å². The van der Waals surface area contributed by atoms with Crippen molar-refractivity contribution < 1.29 is 23.7 Å². The fourth-order valence-electron chi connectivity index (χ4n) is 3.61. The van der Waals surface area contributed by atoms with E-state index in [1.807, 2.05) is 12.1 Å². The number of esters is 1. The predicted octanol–water partition coefficient (Wildman–Crippen LogP) is 5.31. The van der Waals surface area contributed by atoms with Crippen LogP contribution in [-0.2, 0) is 4.79 Å². The number of benzene rings is 3. The first kappa shape index (κ1) is 23.5. The molecule has 0 spiro atoms. The molecule has 0 bridgehead atoms. The van der Waals surface area contributed by atoms with Gasteiger partial charge < -0.3 is 24.7 Å². The monoisotopic (exact) mass is 540 g/mol. The quantitative estimate of drug-likeness (QED) is 0.333. The number of rotatable bonds is 6. The van der Waals surface area contributed by atoms with E-state index in [0.29, 0.717) is 27.8 Å². The molecule has 0 saturated heterocycles. The number of fused-ring (bicyclic) bond motifs is 1. The van der Waals surface area contributed by atoms with E-state index < -0.39 is 11.9 Å². The number of allylic oxidation sites excluding steroid dienone is 1. The number of carbonyl (C=O) groups excluding carboxylic acids is 1. The zero-order chi connectivity index (χ0) is 24.2. The normalized spacial score (nSPS) is 14.5. The van der Waals surface area contributed by atoms with Gasteiger partial charge in [0.05, 0.1) is 18.1 Å². The summed E-state index contributed by atoms with van der Waals surface area (Å²) in [6.45, 7) is -0.333. The van der Waals surface area contributed by atoms with Crippen molar-refractivity contribution in [3.8, 4) is 29.1 Å². The molecule has 0 amide bonds. The van der Waals surface area contributed by atoms with Crippen molar-refractivity contribution >= 4 is 33.5 Å². The molecule has 3 aromatic rings. The molecule has 1 unspecified atom stereocenters. The first-order chi connectivity index (χ1) is 16.4. The first-order valence-corrected chi connectivity index (χ1v) is 11.2. The fraction of sp³-hybridized carbons (Fsp3) is 0.120. The minimum Gasteiger partial charge on any atom is -0.496 e. The molecule has 1 aliphatic heterocycles. The van der Waals surface area contributed by atoms with E-state index in [1.165, 1.54) is 0 Å². The Bertz CT molecular complexity index is 1340. The Balaban J connectivity index is 1.61. The summed E-state index contributed by atoms with van der Waals surface area (Å²) < 4.78 is 22.8. The van der Waals surface area contributed by atoms with Crippen LogP contribution in [0.4, 0.5) is 0 Å². The summed E-state index contributed by atoms with van der Waals surface area (Å²) in [4.78, 5) is 12.3. The van der Waals surface area contributed by atoms with E-state index >= 15 is 0 Å². The molecule has 0 aliphatic carbocycles. The highest BCUT2D eigenvalue weighted by atomic mass is 79.9. The van der Waals surface area contributed by atoms with E-state index in [2.05, 4.69) is 22.0 Å². The maximum Gasteiger partial charge on any atom is 0.349 e. The molecule has 172 valence electrons. The molecular weight excluding hydrogens is 524 g/mol. The average molecular weight is 542 g/mol. The third kappa shape index (κ3) is 4.81. The standard InChI is InChI=1S/C25H18BrClN2O5/c1-31-20-9-6-14(26)10-17(20)24-16-8-7-15(11-22(16)34-25(29)18(24)12-28)33-23(30)13-32-21-5-3-2-4-19(21)27/h2-11,24H,13,29H2,1H3. The molecule has 34 heavy (non-hydrogen) atoms. The van der Waals surface area contributed by atoms with Gasteiger partial charge >= 0.3 is 5.97 Å². The molecule has 0 saturated carbocycles. The molecule has 0 radical (unpaired) electrons. The Labute approximate surface area is 209 Å². The minimum absolute atomic E-state index is 0.0347. The Kier molecular flexibility index (Phi) is 6.96. The third-order valence-electron chi connectivity index (χ3n) is 5.11. The summed E-state index contributed by atoms with van der Waals surface area (Å²) in [6.07, 6.45) is 0. The summed E-state index contributed by atoms with van der Waals surface area (Å²) in [7, 11) is 1.55. The lowest BCUT2D eigenvalue weighted by molar-refractivity contribution is -0.136. The second-order valence-corrected chi connectivity index (χ2v) is 8.53. The van der Waals surface area contributed by atoms with E-state index in [-0.39, 0.29) is 23.8 Å². The number of halogens is 2. The smallest absolute Gasteiger partial charge is 0.349 e. The van der Waals surface area contributed by atoms with Crippen LogP contribution in [0.5, 0.6) is 23.0 Å². The van der Waals surface area contributed by atoms with Gasteiger partial charge in [0.15, 0.2) is 6.61 Å². The number of hydrogen-bond acceptors (Lipinski definition) is 7. The van der Waals surface area contributed by atoms with Gasteiger partial charge in [0.1, 0.15) is 34.6 Å². The second kappa shape index (κ2) is 10.1. The van der Waals surface area contributed by atoms with Crippen molar-refractivity contribution in [2.24, 2.45) is 5.73 Å². The highest BCUT2D eigenvalue weighted by Gasteiger charge is 2.33. The fourth-order valence-corrected chi connectivity index (χ4v) is 4.18. The van der Waals surface area contributed by atoms with Crippen molar-refractivity contribution in [3.63, 3.8) is 0 Å². The Hall–Kier alpha value is -3.67. The average Bonchev–Trinajstić information content (AvgIpc) is 2.82. The van der Waals surface area contributed by atoms with E-state index in [0.717, 1.165) is 10.0 Å². The van der Waals surface area contributed by atoms with Crippen LogP contribution in [0.25, 0.3) is 0 Å².